The van der Waals surface area contributed by atoms with Gasteiger partial charge in [0, 0.05) is 18.8 Å². The molecule has 1 aromatic rings. The lowest BCUT2D eigenvalue weighted by Gasteiger charge is -2.08. The molecular formula is C11H18N2O3S. The normalized spacial score (nSPS) is 11.6. The van der Waals surface area contributed by atoms with Crippen LogP contribution >= 0.6 is 0 Å². The summed E-state index contributed by atoms with van der Waals surface area (Å²) in [6, 6.07) is 6.89. The van der Waals surface area contributed by atoms with Crippen molar-refractivity contribution >= 4 is 15.7 Å². The van der Waals surface area contributed by atoms with E-state index >= 15 is 0 Å². The van der Waals surface area contributed by atoms with Crippen LogP contribution in [0.15, 0.2) is 24.3 Å². The van der Waals surface area contributed by atoms with E-state index in [1.54, 1.807) is 24.3 Å². The molecule has 0 aliphatic heterocycles. The van der Waals surface area contributed by atoms with Gasteiger partial charge in [0.15, 0.2) is 0 Å². The largest absolute Gasteiger partial charge is 0.398 e. The van der Waals surface area contributed by atoms with Crippen molar-refractivity contribution in [2.75, 3.05) is 18.9 Å². The van der Waals surface area contributed by atoms with E-state index in [0.717, 1.165) is 0 Å². The van der Waals surface area contributed by atoms with Gasteiger partial charge in [-0.1, -0.05) is 18.2 Å². The molecule has 0 bridgehead atoms. The SMILES string of the molecule is Nc1ccccc1CS(=O)(=O)NCCCCO. The van der Waals surface area contributed by atoms with Crippen molar-refractivity contribution < 1.29 is 13.5 Å². The molecule has 0 saturated heterocycles. The Morgan fingerprint density at radius 2 is 1.94 bits per heavy atom. The molecule has 17 heavy (non-hydrogen) atoms. The fourth-order valence-electron chi connectivity index (χ4n) is 1.39. The van der Waals surface area contributed by atoms with Crippen LogP contribution in [0.5, 0.6) is 0 Å². The Bertz CT molecular complexity index is 446. The van der Waals surface area contributed by atoms with E-state index in [-0.39, 0.29) is 12.4 Å². The topological polar surface area (TPSA) is 92.4 Å². The standard InChI is InChI=1S/C11H18N2O3S/c12-11-6-2-1-5-10(11)9-17(15,16)13-7-3-4-8-14/h1-2,5-6,13-14H,3-4,7-9,12H2. The molecule has 0 aliphatic carbocycles. The van der Waals surface area contributed by atoms with Crippen LogP contribution in [-0.4, -0.2) is 26.7 Å². The van der Waals surface area contributed by atoms with Crippen molar-refractivity contribution in [2.45, 2.75) is 18.6 Å². The second-order valence-corrected chi connectivity index (χ2v) is 5.59. The van der Waals surface area contributed by atoms with Gasteiger partial charge < -0.3 is 10.8 Å². The first kappa shape index (κ1) is 14.0. The smallest absolute Gasteiger partial charge is 0.215 e. The van der Waals surface area contributed by atoms with Crippen LogP contribution in [0.3, 0.4) is 0 Å². The Kier molecular flexibility index (Phi) is 5.40. The highest BCUT2D eigenvalue weighted by molar-refractivity contribution is 7.88. The molecule has 1 aromatic carbocycles. The zero-order valence-electron chi connectivity index (χ0n) is 9.59. The second-order valence-electron chi connectivity index (χ2n) is 3.78. The summed E-state index contributed by atoms with van der Waals surface area (Å²) in [6.45, 7) is 0.420. The predicted octanol–water partition coefficient (Wildman–Crippen LogP) is 0.461. The number of rotatable bonds is 7. The highest BCUT2D eigenvalue weighted by Gasteiger charge is 2.12. The molecule has 0 unspecified atom stereocenters. The fraction of sp³-hybridized carbons (Fsp3) is 0.455. The number of benzene rings is 1. The second kappa shape index (κ2) is 6.58. The average Bonchev–Trinajstić information content (AvgIpc) is 2.28. The molecule has 4 N–H and O–H groups in total. The molecule has 0 fully saturated rings. The molecule has 0 aliphatic rings. The van der Waals surface area contributed by atoms with Crippen molar-refractivity contribution in [3.8, 4) is 0 Å². The van der Waals surface area contributed by atoms with Crippen LogP contribution in [-0.2, 0) is 15.8 Å². The number of sulfonamides is 1. The van der Waals surface area contributed by atoms with Crippen LogP contribution < -0.4 is 10.5 Å². The molecule has 5 nitrogen and oxygen atoms in total. The van der Waals surface area contributed by atoms with Gasteiger partial charge in [0.05, 0.1) is 5.75 Å². The van der Waals surface area contributed by atoms with E-state index in [1.165, 1.54) is 0 Å². The minimum absolute atomic E-state index is 0.0767. The van der Waals surface area contributed by atoms with Crippen LogP contribution in [0.25, 0.3) is 0 Å². The molecule has 6 heteroatoms. The van der Waals surface area contributed by atoms with Crippen molar-refractivity contribution in [1.82, 2.24) is 4.72 Å². The predicted molar refractivity (Wildman–Crippen MR) is 67.8 cm³/mol. The summed E-state index contributed by atoms with van der Waals surface area (Å²) in [7, 11) is -3.35. The number of aliphatic hydroxyl groups is 1. The first-order valence-corrected chi connectivity index (χ1v) is 7.12. The zero-order chi connectivity index (χ0) is 12.7. The van der Waals surface area contributed by atoms with Crippen LogP contribution in [0, 0.1) is 0 Å². The maximum Gasteiger partial charge on any atom is 0.215 e. The van der Waals surface area contributed by atoms with Crippen molar-refractivity contribution in [3.05, 3.63) is 29.8 Å². The molecule has 0 amide bonds. The quantitative estimate of drug-likeness (QED) is 0.489. The first-order chi connectivity index (χ1) is 8.05. The Morgan fingerprint density at radius 1 is 1.24 bits per heavy atom. The summed E-state index contributed by atoms with van der Waals surface area (Å²) < 4.78 is 25.8. The molecule has 0 saturated carbocycles. The van der Waals surface area contributed by atoms with Crippen molar-refractivity contribution in [2.24, 2.45) is 0 Å². The van der Waals surface area contributed by atoms with E-state index in [4.69, 9.17) is 10.8 Å². The molecule has 1 rings (SSSR count). The van der Waals surface area contributed by atoms with Crippen LogP contribution in [0.4, 0.5) is 5.69 Å². The summed E-state index contributed by atoms with van der Waals surface area (Å²) in [5.41, 5.74) is 6.76. The lowest BCUT2D eigenvalue weighted by Crippen LogP contribution is -2.26. The van der Waals surface area contributed by atoms with Gasteiger partial charge in [-0.3, -0.25) is 0 Å². The van der Waals surface area contributed by atoms with E-state index in [2.05, 4.69) is 4.72 Å². The van der Waals surface area contributed by atoms with Gasteiger partial charge in [-0.25, -0.2) is 13.1 Å². The van der Waals surface area contributed by atoms with E-state index in [9.17, 15) is 8.42 Å². The number of anilines is 1. The average molecular weight is 258 g/mol. The Labute approximate surface area is 102 Å². The summed E-state index contributed by atoms with van der Waals surface area (Å²) in [4.78, 5) is 0. The third kappa shape index (κ3) is 5.16. The van der Waals surface area contributed by atoms with E-state index in [1.807, 2.05) is 0 Å². The van der Waals surface area contributed by atoms with Gasteiger partial charge in [-0.05, 0) is 24.5 Å². The molecule has 0 spiro atoms. The Balaban J connectivity index is 2.52. The number of nitrogens with one attached hydrogen (secondary N) is 1. The first-order valence-electron chi connectivity index (χ1n) is 5.47. The molecule has 0 aromatic heterocycles. The monoisotopic (exact) mass is 258 g/mol. The summed E-state index contributed by atoms with van der Waals surface area (Å²) in [6.07, 6.45) is 1.22. The number of para-hydroxylation sites is 1. The number of nitrogen functional groups attached to an aromatic ring is 1. The highest BCUT2D eigenvalue weighted by Crippen LogP contribution is 2.13. The summed E-state index contributed by atoms with van der Waals surface area (Å²) in [5, 5.41) is 8.57. The molecule has 0 heterocycles. The number of aliphatic hydroxyl groups excluding tert-OH is 1. The summed E-state index contributed by atoms with van der Waals surface area (Å²) in [5.74, 6) is -0.112. The van der Waals surface area contributed by atoms with Crippen LogP contribution in [0.2, 0.25) is 0 Å². The van der Waals surface area contributed by atoms with Gasteiger partial charge in [0.25, 0.3) is 0 Å². The van der Waals surface area contributed by atoms with Crippen molar-refractivity contribution in [1.29, 1.82) is 0 Å². The molecular weight excluding hydrogens is 240 g/mol. The Morgan fingerprint density at radius 3 is 2.59 bits per heavy atom. The maximum atomic E-state index is 11.7. The Hall–Kier alpha value is -1.11. The van der Waals surface area contributed by atoms with Crippen molar-refractivity contribution in [3.63, 3.8) is 0 Å². The molecule has 0 atom stereocenters. The summed E-state index contributed by atoms with van der Waals surface area (Å²) >= 11 is 0. The number of nitrogens with two attached hydrogens (primary N) is 1. The minimum atomic E-state index is -3.35. The highest BCUT2D eigenvalue weighted by atomic mass is 32.2. The van der Waals surface area contributed by atoms with Gasteiger partial charge in [0.2, 0.25) is 10.0 Å². The van der Waals surface area contributed by atoms with Gasteiger partial charge in [-0.15, -0.1) is 0 Å². The number of unbranched alkanes of at least 4 members (excludes halogenated alkanes) is 1. The maximum absolute atomic E-state index is 11.7. The van der Waals surface area contributed by atoms with Gasteiger partial charge in [-0.2, -0.15) is 0 Å². The molecule has 0 radical (unpaired) electrons. The van der Waals surface area contributed by atoms with E-state index < -0.39 is 10.0 Å². The minimum Gasteiger partial charge on any atom is -0.398 e. The van der Waals surface area contributed by atoms with E-state index in [0.29, 0.717) is 30.6 Å². The third-order valence-electron chi connectivity index (χ3n) is 2.31. The number of hydrogen-bond donors (Lipinski definition) is 3. The van der Waals surface area contributed by atoms with Gasteiger partial charge >= 0.3 is 0 Å². The molecule has 96 valence electrons. The zero-order valence-corrected chi connectivity index (χ0v) is 10.4. The lowest BCUT2D eigenvalue weighted by atomic mass is 10.2. The van der Waals surface area contributed by atoms with Crippen LogP contribution in [0.1, 0.15) is 18.4 Å². The third-order valence-corrected chi connectivity index (χ3v) is 3.64. The van der Waals surface area contributed by atoms with Gasteiger partial charge in [0.1, 0.15) is 0 Å². The number of hydrogen-bond acceptors (Lipinski definition) is 4. The fourth-order valence-corrected chi connectivity index (χ4v) is 2.62. The lowest BCUT2D eigenvalue weighted by molar-refractivity contribution is 0.285.